The number of hydrogen-bond donors (Lipinski definition) is 1. The van der Waals surface area contributed by atoms with Crippen molar-refractivity contribution in [3.63, 3.8) is 0 Å². The lowest BCUT2D eigenvalue weighted by Crippen LogP contribution is -2.29. The quantitative estimate of drug-likeness (QED) is 0.670. The summed E-state index contributed by atoms with van der Waals surface area (Å²) in [5.41, 5.74) is 1.43. The highest BCUT2D eigenvalue weighted by Crippen LogP contribution is 2.34. The van der Waals surface area contributed by atoms with Gasteiger partial charge in [0.15, 0.2) is 0 Å². The minimum atomic E-state index is -3.56. The normalized spacial score (nSPS) is 14.1. The van der Waals surface area contributed by atoms with Gasteiger partial charge in [-0.3, -0.25) is 4.79 Å². The van der Waals surface area contributed by atoms with Crippen molar-refractivity contribution in [2.24, 2.45) is 0 Å². The number of aryl methyl sites for hydroxylation is 1. The van der Waals surface area contributed by atoms with Crippen LogP contribution in [0.1, 0.15) is 50.9 Å². The largest absolute Gasteiger partial charge is 0.462 e. The average Bonchev–Trinajstić information content (AvgIpc) is 3.48. The molecule has 3 rings (SSSR count). The molecule has 9 heteroatoms. The molecule has 2 aromatic rings. The van der Waals surface area contributed by atoms with E-state index in [4.69, 9.17) is 4.74 Å². The number of anilines is 1. The van der Waals surface area contributed by atoms with E-state index in [2.05, 4.69) is 5.32 Å². The van der Waals surface area contributed by atoms with E-state index in [0.717, 1.165) is 23.3 Å². The summed E-state index contributed by atoms with van der Waals surface area (Å²) in [7, 11) is -1.99. The predicted molar refractivity (Wildman–Crippen MR) is 112 cm³/mol. The molecule has 0 radical (unpaired) electrons. The van der Waals surface area contributed by atoms with Crippen molar-refractivity contribution >= 4 is 38.2 Å². The first-order valence-corrected chi connectivity index (χ1v) is 11.6. The number of thiophene rings is 1. The molecule has 1 heterocycles. The van der Waals surface area contributed by atoms with Crippen molar-refractivity contribution in [1.82, 2.24) is 4.31 Å². The lowest BCUT2D eigenvalue weighted by atomic mass is 10.1. The van der Waals surface area contributed by atoms with Crippen molar-refractivity contribution in [1.29, 1.82) is 0 Å². The third kappa shape index (κ3) is 4.36. The molecule has 1 aromatic carbocycles. The minimum absolute atomic E-state index is 0.0644. The second-order valence-corrected chi connectivity index (χ2v) is 10.2. The Hall–Kier alpha value is -2.23. The number of carbonyl (C=O) groups excluding carboxylic acids is 2. The van der Waals surface area contributed by atoms with Crippen LogP contribution in [0, 0.1) is 13.8 Å². The van der Waals surface area contributed by atoms with E-state index in [1.54, 1.807) is 14.0 Å². The number of carbonyl (C=O) groups is 2. The molecule has 0 unspecified atom stereocenters. The highest BCUT2D eigenvalue weighted by atomic mass is 32.2. The summed E-state index contributed by atoms with van der Waals surface area (Å²) >= 11 is 1.30. The molecule has 0 atom stereocenters. The molecule has 1 fully saturated rings. The maximum absolute atomic E-state index is 12.7. The van der Waals surface area contributed by atoms with Gasteiger partial charge >= 0.3 is 5.97 Å². The summed E-state index contributed by atoms with van der Waals surface area (Å²) < 4.78 is 31.6. The first-order chi connectivity index (χ1) is 13.7. The number of nitrogens with zero attached hydrogens (tertiary/aromatic N) is 1. The third-order valence-electron chi connectivity index (χ3n) is 4.95. The predicted octanol–water partition coefficient (Wildman–Crippen LogP) is 3.58. The van der Waals surface area contributed by atoms with Gasteiger partial charge in [0.05, 0.1) is 17.1 Å². The molecule has 29 heavy (non-hydrogen) atoms. The highest BCUT2D eigenvalue weighted by Gasteiger charge is 2.35. The van der Waals surface area contributed by atoms with Crippen LogP contribution >= 0.6 is 11.3 Å². The second kappa shape index (κ2) is 8.25. The number of amides is 1. The van der Waals surface area contributed by atoms with E-state index >= 15 is 0 Å². The lowest BCUT2D eigenvalue weighted by Gasteiger charge is -2.16. The maximum atomic E-state index is 12.7. The zero-order valence-electron chi connectivity index (χ0n) is 16.8. The number of benzene rings is 1. The molecule has 0 bridgehead atoms. The molecule has 0 aliphatic heterocycles. The van der Waals surface area contributed by atoms with Crippen LogP contribution in [0.5, 0.6) is 0 Å². The van der Waals surface area contributed by atoms with E-state index < -0.39 is 21.9 Å². The summed E-state index contributed by atoms with van der Waals surface area (Å²) in [5.74, 6) is -0.898. The first-order valence-electron chi connectivity index (χ1n) is 9.33. The van der Waals surface area contributed by atoms with Gasteiger partial charge in [-0.2, -0.15) is 4.31 Å². The molecule has 0 saturated heterocycles. The summed E-state index contributed by atoms with van der Waals surface area (Å²) in [4.78, 5) is 26.0. The van der Waals surface area contributed by atoms with Crippen LogP contribution in [0.4, 0.5) is 5.00 Å². The van der Waals surface area contributed by atoms with Crippen LogP contribution in [-0.4, -0.2) is 44.3 Å². The Bertz CT molecular complexity index is 1040. The van der Waals surface area contributed by atoms with Crippen LogP contribution in [0.2, 0.25) is 0 Å². The number of ether oxygens (including phenoxy) is 1. The lowest BCUT2D eigenvalue weighted by molar-refractivity contribution is 0.0527. The molecule has 156 valence electrons. The number of hydrogen-bond acceptors (Lipinski definition) is 6. The molecular formula is C20H24N2O5S2. The molecule has 1 N–H and O–H groups in total. The van der Waals surface area contributed by atoms with E-state index in [-0.39, 0.29) is 17.5 Å². The number of nitrogens with one attached hydrogen (secondary N) is 1. The first kappa shape index (κ1) is 21.5. The number of esters is 1. The number of sulfonamides is 1. The summed E-state index contributed by atoms with van der Waals surface area (Å²) in [6.45, 7) is 5.64. The zero-order chi connectivity index (χ0) is 21.3. The van der Waals surface area contributed by atoms with Crippen LogP contribution in [-0.2, 0) is 14.8 Å². The fourth-order valence-corrected chi connectivity index (χ4v) is 5.38. The van der Waals surface area contributed by atoms with Gasteiger partial charge in [-0.25, -0.2) is 13.2 Å². The molecule has 7 nitrogen and oxygen atoms in total. The number of rotatable bonds is 7. The average molecular weight is 437 g/mol. The van der Waals surface area contributed by atoms with E-state index in [1.807, 2.05) is 13.8 Å². The Morgan fingerprint density at radius 3 is 2.38 bits per heavy atom. The van der Waals surface area contributed by atoms with Gasteiger partial charge in [-0.05, 0) is 63.4 Å². The Morgan fingerprint density at radius 1 is 1.21 bits per heavy atom. The molecule has 1 saturated carbocycles. The summed E-state index contributed by atoms with van der Waals surface area (Å²) in [5, 5.41) is 3.18. The minimum Gasteiger partial charge on any atom is -0.462 e. The Morgan fingerprint density at radius 2 is 1.83 bits per heavy atom. The van der Waals surface area contributed by atoms with Crippen molar-refractivity contribution in [3.8, 4) is 0 Å². The molecule has 1 aromatic heterocycles. The second-order valence-electron chi connectivity index (χ2n) is 6.94. The van der Waals surface area contributed by atoms with Crippen molar-refractivity contribution in [3.05, 3.63) is 45.8 Å². The molecule has 0 spiro atoms. The smallest absolute Gasteiger partial charge is 0.341 e. The van der Waals surface area contributed by atoms with Crippen LogP contribution in [0.25, 0.3) is 0 Å². The fraction of sp³-hybridized carbons (Fsp3) is 0.400. The van der Waals surface area contributed by atoms with Crippen molar-refractivity contribution < 1.29 is 22.7 Å². The molecular weight excluding hydrogens is 412 g/mol. The summed E-state index contributed by atoms with van der Waals surface area (Å²) in [6.07, 6.45) is 1.75. The summed E-state index contributed by atoms with van der Waals surface area (Å²) in [6, 6.07) is 5.87. The maximum Gasteiger partial charge on any atom is 0.341 e. The van der Waals surface area contributed by atoms with Crippen molar-refractivity contribution in [2.45, 2.75) is 44.6 Å². The SMILES string of the molecule is CCOC(=O)c1c(NC(=O)c2ccc(S(=O)(=O)N(C)C3CC3)cc2)sc(C)c1C. The van der Waals surface area contributed by atoms with Gasteiger partial charge in [0.2, 0.25) is 10.0 Å². The van der Waals surface area contributed by atoms with Crippen LogP contribution in [0.15, 0.2) is 29.2 Å². The van der Waals surface area contributed by atoms with E-state index in [0.29, 0.717) is 16.1 Å². The van der Waals surface area contributed by atoms with Gasteiger partial charge in [0.25, 0.3) is 5.91 Å². The Kier molecular flexibility index (Phi) is 6.11. The Balaban J connectivity index is 1.80. The highest BCUT2D eigenvalue weighted by molar-refractivity contribution is 7.89. The third-order valence-corrected chi connectivity index (χ3v) is 7.99. The van der Waals surface area contributed by atoms with E-state index in [9.17, 15) is 18.0 Å². The van der Waals surface area contributed by atoms with Gasteiger partial charge < -0.3 is 10.1 Å². The molecule has 1 aliphatic carbocycles. The van der Waals surface area contributed by atoms with Gasteiger partial charge in [-0.15, -0.1) is 11.3 Å². The fourth-order valence-electron chi connectivity index (χ4n) is 2.92. The van der Waals surface area contributed by atoms with Crippen LogP contribution in [0.3, 0.4) is 0 Å². The van der Waals surface area contributed by atoms with Gasteiger partial charge in [-0.1, -0.05) is 0 Å². The zero-order valence-corrected chi connectivity index (χ0v) is 18.4. The monoisotopic (exact) mass is 436 g/mol. The van der Waals surface area contributed by atoms with Gasteiger partial charge in [0.1, 0.15) is 5.00 Å². The van der Waals surface area contributed by atoms with Crippen LogP contribution < -0.4 is 5.32 Å². The van der Waals surface area contributed by atoms with E-state index in [1.165, 1.54) is 39.9 Å². The topological polar surface area (TPSA) is 92.8 Å². The van der Waals surface area contributed by atoms with Crippen molar-refractivity contribution in [2.75, 3.05) is 19.0 Å². The van der Waals surface area contributed by atoms with Gasteiger partial charge in [0, 0.05) is 23.5 Å². The molecule has 1 aliphatic rings. The molecule has 1 amide bonds. The standard InChI is InChI=1S/C20H24N2O5S2/c1-5-27-20(24)17-12(2)13(3)28-19(17)21-18(23)14-6-10-16(11-7-14)29(25,26)22(4)15-8-9-15/h6-7,10-11,15H,5,8-9H2,1-4H3,(H,21,23). The Labute approximate surface area is 174 Å².